The van der Waals surface area contributed by atoms with Crippen LogP contribution in [0.15, 0.2) is 41.5 Å². The summed E-state index contributed by atoms with van der Waals surface area (Å²) in [5.41, 5.74) is 1.83. The van der Waals surface area contributed by atoms with Crippen LogP contribution in [0.1, 0.15) is 57.4 Å². The van der Waals surface area contributed by atoms with Crippen LogP contribution in [0.5, 0.6) is 0 Å². The van der Waals surface area contributed by atoms with Crippen molar-refractivity contribution in [3.8, 4) is 12.1 Å². The van der Waals surface area contributed by atoms with Gasteiger partial charge in [-0.2, -0.15) is 10.5 Å². The third-order valence-electron chi connectivity index (χ3n) is 5.57. The molecule has 3 heteroatoms. The van der Waals surface area contributed by atoms with E-state index in [2.05, 4.69) is 26.0 Å². The molecular weight excluding hydrogens is 296 g/mol. The Morgan fingerprint density at radius 2 is 1.79 bits per heavy atom. The first kappa shape index (κ1) is 16.5. The third-order valence-corrected chi connectivity index (χ3v) is 5.57. The summed E-state index contributed by atoms with van der Waals surface area (Å²) in [4.78, 5) is 13.0. The zero-order valence-electron chi connectivity index (χ0n) is 14.3. The minimum Gasteiger partial charge on any atom is -0.299 e. The summed E-state index contributed by atoms with van der Waals surface area (Å²) in [5, 5.41) is 18.5. The molecule has 0 aliphatic heterocycles. The number of allylic oxidation sites excluding steroid dienone is 2. The average Bonchev–Trinajstić information content (AvgIpc) is 2.84. The summed E-state index contributed by atoms with van der Waals surface area (Å²) in [6.45, 7) is 4.28. The van der Waals surface area contributed by atoms with Crippen molar-refractivity contribution in [2.24, 2.45) is 10.8 Å². The van der Waals surface area contributed by atoms with Crippen LogP contribution >= 0.6 is 0 Å². The normalized spacial score (nSPS) is 28.4. The molecule has 0 radical (unpaired) electrons. The molecule has 3 rings (SSSR count). The molecule has 0 saturated heterocycles. The predicted octanol–water partition coefficient (Wildman–Crippen LogP) is 4.67. The smallest absolute Gasteiger partial charge is 0.140 e. The van der Waals surface area contributed by atoms with Gasteiger partial charge in [0.2, 0.25) is 0 Å². The van der Waals surface area contributed by atoms with Gasteiger partial charge in [0.05, 0.1) is 0 Å². The summed E-state index contributed by atoms with van der Waals surface area (Å²) < 4.78 is 0. The number of benzene rings is 1. The maximum Gasteiger partial charge on any atom is 0.140 e. The van der Waals surface area contributed by atoms with Crippen molar-refractivity contribution in [3.63, 3.8) is 0 Å². The minimum atomic E-state index is -0.406. The number of nitrogens with zero attached hydrogens (tertiary/aromatic N) is 2. The Labute approximate surface area is 143 Å². The van der Waals surface area contributed by atoms with E-state index in [9.17, 15) is 15.3 Å². The number of Topliss-reactive ketones (excluding diaryl/α,β-unsaturated/α-hetero) is 1. The highest BCUT2D eigenvalue weighted by Gasteiger charge is 2.52. The summed E-state index contributed by atoms with van der Waals surface area (Å²) in [6, 6.07) is 14.3. The first-order chi connectivity index (χ1) is 11.4. The van der Waals surface area contributed by atoms with Crippen molar-refractivity contribution in [3.05, 3.63) is 47.0 Å². The third kappa shape index (κ3) is 2.87. The number of carbonyl (C=O) groups is 1. The molecule has 1 spiro atoms. The van der Waals surface area contributed by atoms with E-state index >= 15 is 0 Å². The van der Waals surface area contributed by atoms with Gasteiger partial charge in [-0.15, -0.1) is 0 Å². The molecule has 2 atom stereocenters. The largest absolute Gasteiger partial charge is 0.299 e. The minimum absolute atomic E-state index is 0.0617. The average molecular weight is 318 g/mol. The zero-order valence-corrected chi connectivity index (χ0v) is 14.3. The molecule has 122 valence electrons. The van der Waals surface area contributed by atoms with E-state index in [4.69, 9.17) is 0 Å². The number of carbonyl (C=O) groups excluding carboxylic acids is 1. The molecule has 0 aromatic heterocycles. The van der Waals surface area contributed by atoms with Crippen molar-refractivity contribution in [1.29, 1.82) is 10.5 Å². The maximum atomic E-state index is 13.0. The fourth-order valence-electron chi connectivity index (χ4n) is 4.85. The van der Waals surface area contributed by atoms with Crippen molar-refractivity contribution < 1.29 is 4.79 Å². The van der Waals surface area contributed by atoms with Crippen molar-refractivity contribution in [1.82, 2.24) is 0 Å². The highest BCUT2D eigenvalue weighted by molar-refractivity contribution is 5.89. The van der Waals surface area contributed by atoms with E-state index in [0.29, 0.717) is 18.6 Å². The number of ketones is 1. The molecule has 2 aliphatic rings. The van der Waals surface area contributed by atoms with Gasteiger partial charge < -0.3 is 0 Å². The van der Waals surface area contributed by atoms with Crippen molar-refractivity contribution in [2.75, 3.05) is 0 Å². The lowest BCUT2D eigenvalue weighted by Gasteiger charge is -2.43. The van der Waals surface area contributed by atoms with Crippen LogP contribution in [-0.2, 0) is 4.79 Å². The molecule has 0 amide bonds. The van der Waals surface area contributed by atoms with Gasteiger partial charge in [0.25, 0.3) is 0 Å². The Morgan fingerprint density at radius 1 is 1.12 bits per heavy atom. The lowest BCUT2D eigenvalue weighted by Crippen LogP contribution is -2.37. The van der Waals surface area contributed by atoms with E-state index in [1.165, 1.54) is 5.56 Å². The zero-order chi connectivity index (χ0) is 17.4. The summed E-state index contributed by atoms with van der Waals surface area (Å²) in [6.07, 6.45) is 3.55. The van der Waals surface area contributed by atoms with Gasteiger partial charge in [0.15, 0.2) is 0 Å². The number of rotatable bonds is 1. The SMILES string of the molecule is CC1(C)CC(=C(C#N)C#N)C[C@]2(C[C@H](c3ccccc3)CC2=O)C1. The summed E-state index contributed by atoms with van der Waals surface area (Å²) >= 11 is 0. The standard InChI is InChI=1S/C21H22N2O/c1-20(2)9-17(18(12-22)13-23)11-21(14-20)10-16(8-19(21)24)15-6-4-3-5-7-15/h3-7,16H,8-11,14H2,1-2H3/t16-,21-/m1/s1. The quantitative estimate of drug-likeness (QED) is 0.707. The van der Waals surface area contributed by atoms with Crippen LogP contribution in [0.2, 0.25) is 0 Å². The van der Waals surface area contributed by atoms with Crippen LogP contribution in [0.4, 0.5) is 0 Å². The van der Waals surface area contributed by atoms with E-state index in [1.54, 1.807) is 0 Å². The monoisotopic (exact) mass is 318 g/mol. The fourth-order valence-corrected chi connectivity index (χ4v) is 4.85. The van der Waals surface area contributed by atoms with Gasteiger partial charge in [0, 0.05) is 11.8 Å². The fraction of sp³-hybridized carbons (Fsp3) is 0.476. The summed E-state index contributed by atoms with van der Waals surface area (Å²) in [7, 11) is 0. The molecule has 2 fully saturated rings. The molecular formula is C21H22N2O. The van der Waals surface area contributed by atoms with Crippen LogP contribution in [0, 0.1) is 33.5 Å². The lowest BCUT2D eigenvalue weighted by atomic mass is 9.60. The van der Waals surface area contributed by atoms with Gasteiger partial charge in [-0.25, -0.2) is 0 Å². The second-order valence-corrected chi connectivity index (χ2v) is 8.12. The molecule has 1 aromatic carbocycles. The molecule has 0 N–H and O–H groups in total. The van der Waals surface area contributed by atoms with Crippen LogP contribution < -0.4 is 0 Å². The molecule has 2 saturated carbocycles. The second kappa shape index (κ2) is 5.91. The molecule has 0 heterocycles. The summed E-state index contributed by atoms with van der Waals surface area (Å²) in [5.74, 6) is 0.554. The highest BCUT2D eigenvalue weighted by atomic mass is 16.1. The van der Waals surface area contributed by atoms with Gasteiger partial charge in [0.1, 0.15) is 23.5 Å². The Balaban J connectivity index is 1.97. The van der Waals surface area contributed by atoms with Gasteiger partial charge in [-0.3, -0.25) is 4.79 Å². The maximum absolute atomic E-state index is 13.0. The van der Waals surface area contributed by atoms with E-state index in [1.807, 2.05) is 30.3 Å². The van der Waals surface area contributed by atoms with Crippen LogP contribution in [0.3, 0.4) is 0 Å². The molecule has 0 unspecified atom stereocenters. The van der Waals surface area contributed by atoms with Crippen molar-refractivity contribution >= 4 is 5.78 Å². The van der Waals surface area contributed by atoms with Gasteiger partial charge in [-0.05, 0) is 48.2 Å². The molecule has 0 bridgehead atoms. The lowest BCUT2D eigenvalue weighted by molar-refractivity contribution is -0.128. The van der Waals surface area contributed by atoms with E-state index < -0.39 is 5.41 Å². The predicted molar refractivity (Wildman–Crippen MR) is 91.7 cm³/mol. The topological polar surface area (TPSA) is 64.7 Å². The molecule has 24 heavy (non-hydrogen) atoms. The molecule has 2 aliphatic carbocycles. The van der Waals surface area contributed by atoms with Gasteiger partial charge in [-0.1, -0.05) is 44.2 Å². The van der Waals surface area contributed by atoms with E-state index in [0.717, 1.165) is 24.8 Å². The molecule has 1 aromatic rings. The Hall–Kier alpha value is -2.39. The van der Waals surface area contributed by atoms with Gasteiger partial charge >= 0.3 is 0 Å². The first-order valence-electron chi connectivity index (χ1n) is 8.50. The Bertz CT molecular complexity index is 760. The Kier molecular flexibility index (Phi) is 4.06. The molecule has 3 nitrogen and oxygen atoms in total. The first-order valence-corrected chi connectivity index (χ1v) is 8.50. The van der Waals surface area contributed by atoms with Crippen LogP contribution in [-0.4, -0.2) is 5.78 Å². The number of hydrogen-bond donors (Lipinski definition) is 0. The second-order valence-electron chi connectivity index (χ2n) is 8.12. The Morgan fingerprint density at radius 3 is 2.42 bits per heavy atom. The highest BCUT2D eigenvalue weighted by Crippen LogP contribution is 2.58. The van der Waals surface area contributed by atoms with Crippen molar-refractivity contribution in [2.45, 2.75) is 51.9 Å². The number of nitriles is 2. The number of hydrogen-bond acceptors (Lipinski definition) is 3. The van der Waals surface area contributed by atoms with Crippen LogP contribution in [0.25, 0.3) is 0 Å². The van der Waals surface area contributed by atoms with E-state index in [-0.39, 0.29) is 16.9 Å².